The quantitative estimate of drug-likeness (QED) is 0.475. The molecule has 0 aliphatic rings. The zero-order valence-electron chi connectivity index (χ0n) is 11.6. The largest absolute Gasteiger partial charge is 0.397 e. The molecular formula is C13H21N3O2S. The van der Waals surface area contributed by atoms with Crippen molar-refractivity contribution in [2.75, 3.05) is 31.7 Å². The lowest BCUT2D eigenvalue weighted by Gasteiger charge is -2.14. The zero-order valence-corrected chi connectivity index (χ0v) is 12.4. The van der Waals surface area contributed by atoms with E-state index in [4.69, 9.17) is 5.73 Å². The number of nitrogens with zero attached hydrogens (tertiary/aromatic N) is 1. The molecule has 0 aliphatic carbocycles. The van der Waals surface area contributed by atoms with Crippen LogP contribution < -0.4 is 11.1 Å². The first kappa shape index (κ1) is 15.5. The number of benzene rings is 1. The van der Waals surface area contributed by atoms with Crippen LogP contribution in [0.5, 0.6) is 0 Å². The van der Waals surface area contributed by atoms with Gasteiger partial charge in [-0.15, -0.1) is 0 Å². The highest BCUT2D eigenvalue weighted by Gasteiger charge is 2.17. The van der Waals surface area contributed by atoms with Gasteiger partial charge in [-0.1, -0.05) is 12.2 Å². The summed E-state index contributed by atoms with van der Waals surface area (Å²) in [6.45, 7) is 2.73. The first-order chi connectivity index (χ1) is 8.89. The van der Waals surface area contributed by atoms with Crippen LogP contribution >= 0.6 is 0 Å². The second-order valence-electron chi connectivity index (χ2n) is 4.32. The molecule has 0 fully saturated rings. The van der Waals surface area contributed by atoms with Gasteiger partial charge in [0.25, 0.3) is 0 Å². The van der Waals surface area contributed by atoms with Crippen LogP contribution in [0.25, 0.3) is 0 Å². The fraction of sp³-hybridized carbons (Fsp3) is 0.385. The van der Waals surface area contributed by atoms with Gasteiger partial charge >= 0.3 is 0 Å². The molecule has 0 unspecified atom stereocenters. The van der Waals surface area contributed by atoms with Crippen molar-refractivity contribution in [1.82, 2.24) is 4.31 Å². The van der Waals surface area contributed by atoms with Gasteiger partial charge in [0.1, 0.15) is 0 Å². The van der Waals surface area contributed by atoms with Crippen molar-refractivity contribution >= 4 is 21.4 Å². The van der Waals surface area contributed by atoms with Crippen LogP contribution in [0.3, 0.4) is 0 Å². The molecule has 1 aromatic rings. The second-order valence-corrected chi connectivity index (χ2v) is 6.47. The second kappa shape index (κ2) is 6.58. The number of nitrogen functional groups attached to an aromatic ring is 1. The maximum absolute atomic E-state index is 11.9. The van der Waals surface area contributed by atoms with E-state index < -0.39 is 10.0 Å². The molecule has 0 amide bonds. The van der Waals surface area contributed by atoms with Crippen molar-refractivity contribution in [2.24, 2.45) is 0 Å². The van der Waals surface area contributed by atoms with Crippen LogP contribution in [0.15, 0.2) is 35.2 Å². The van der Waals surface area contributed by atoms with Crippen molar-refractivity contribution in [3.63, 3.8) is 0 Å². The molecular weight excluding hydrogens is 262 g/mol. The van der Waals surface area contributed by atoms with Gasteiger partial charge in [0.15, 0.2) is 0 Å². The van der Waals surface area contributed by atoms with Crippen molar-refractivity contribution in [3.05, 3.63) is 30.4 Å². The molecule has 0 bridgehead atoms. The van der Waals surface area contributed by atoms with E-state index in [1.807, 2.05) is 19.1 Å². The van der Waals surface area contributed by atoms with E-state index in [1.54, 1.807) is 12.1 Å². The van der Waals surface area contributed by atoms with E-state index in [0.29, 0.717) is 5.69 Å². The van der Waals surface area contributed by atoms with Crippen LogP contribution in [0.2, 0.25) is 0 Å². The smallest absolute Gasteiger partial charge is 0.242 e. The number of allylic oxidation sites excluding steroid dienone is 1. The fourth-order valence-electron chi connectivity index (χ4n) is 1.53. The maximum atomic E-state index is 11.9. The Morgan fingerprint density at radius 2 is 2.05 bits per heavy atom. The lowest BCUT2D eigenvalue weighted by molar-refractivity contribution is 0.521. The van der Waals surface area contributed by atoms with Gasteiger partial charge in [0, 0.05) is 20.6 Å². The number of hydrogen-bond donors (Lipinski definition) is 2. The monoisotopic (exact) mass is 283 g/mol. The van der Waals surface area contributed by atoms with E-state index in [2.05, 4.69) is 5.32 Å². The number of nitrogens with two attached hydrogens (primary N) is 1. The van der Waals surface area contributed by atoms with Crippen LogP contribution in [-0.4, -0.2) is 33.4 Å². The molecule has 0 saturated heterocycles. The Hall–Kier alpha value is -1.53. The normalized spacial score (nSPS) is 12.2. The molecule has 0 heterocycles. The summed E-state index contributed by atoms with van der Waals surface area (Å²) < 4.78 is 25.0. The Morgan fingerprint density at radius 3 is 2.58 bits per heavy atom. The van der Waals surface area contributed by atoms with Crippen LogP contribution in [-0.2, 0) is 10.0 Å². The Morgan fingerprint density at radius 1 is 1.37 bits per heavy atom. The minimum atomic E-state index is -3.43. The fourth-order valence-corrected chi connectivity index (χ4v) is 2.47. The molecule has 0 aromatic heterocycles. The van der Waals surface area contributed by atoms with E-state index in [9.17, 15) is 8.42 Å². The molecule has 5 nitrogen and oxygen atoms in total. The Kier molecular flexibility index (Phi) is 5.38. The molecule has 0 atom stereocenters. The van der Waals surface area contributed by atoms with Crippen molar-refractivity contribution in [2.45, 2.75) is 18.2 Å². The van der Waals surface area contributed by atoms with E-state index >= 15 is 0 Å². The number of sulfonamides is 1. The standard InChI is InChI=1S/C13H21N3O2S/c1-4-5-6-9-15-13-8-7-11(10-12(13)14)19(17,18)16(2)3/h4-5,7-8,10,15H,6,9,14H2,1-3H3/b5-4+. The average Bonchev–Trinajstić information content (AvgIpc) is 2.35. The molecule has 0 radical (unpaired) electrons. The summed E-state index contributed by atoms with van der Waals surface area (Å²) in [7, 11) is -0.441. The SMILES string of the molecule is C/C=C/CCNc1ccc(S(=O)(=O)N(C)C)cc1N. The highest BCUT2D eigenvalue weighted by Crippen LogP contribution is 2.23. The predicted octanol–water partition coefficient (Wildman–Crippen LogP) is 1.90. The minimum Gasteiger partial charge on any atom is -0.397 e. The summed E-state index contributed by atoms with van der Waals surface area (Å²) in [6.07, 6.45) is 4.93. The highest BCUT2D eigenvalue weighted by atomic mass is 32.2. The molecule has 0 aliphatic heterocycles. The topological polar surface area (TPSA) is 75.4 Å². The first-order valence-electron chi connectivity index (χ1n) is 6.06. The molecule has 3 N–H and O–H groups in total. The summed E-state index contributed by atoms with van der Waals surface area (Å²) in [5.41, 5.74) is 7.06. The third kappa shape index (κ3) is 3.97. The molecule has 1 aromatic carbocycles. The van der Waals surface area contributed by atoms with Gasteiger partial charge < -0.3 is 11.1 Å². The van der Waals surface area contributed by atoms with Gasteiger partial charge in [-0.2, -0.15) is 0 Å². The number of nitrogens with one attached hydrogen (secondary N) is 1. The summed E-state index contributed by atoms with van der Waals surface area (Å²) >= 11 is 0. The third-order valence-corrected chi connectivity index (χ3v) is 4.47. The molecule has 106 valence electrons. The van der Waals surface area contributed by atoms with Gasteiger partial charge in [0.05, 0.1) is 16.3 Å². The lowest BCUT2D eigenvalue weighted by Crippen LogP contribution is -2.22. The number of rotatable bonds is 6. The minimum absolute atomic E-state index is 0.203. The molecule has 0 saturated carbocycles. The maximum Gasteiger partial charge on any atom is 0.242 e. The number of anilines is 2. The van der Waals surface area contributed by atoms with Crippen molar-refractivity contribution < 1.29 is 8.42 Å². The summed E-state index contributed by atoms with van der Waals surface area (Å²) in [5.74, 6) is 0. The third-order valence-electron chi connectivity index (χ3n) is 2.66. The van der Waals surface area contributed by atoms with Crippen LogP contribution in [0.1, 0.15) is 13.3 Å². The summed E-state index contributed by atoms with van der Waals surface area (Å²) in [5, 5.41) is 3.17. The predicted molar refractivity (Wildman–Crippen MR) is 79.6 cm³/mol. The molecule has 6 heteroatoms. The molecule has 0 spiro atoms. The van der Waals surface area contributed by atoms with Gasteiger partial charge in [0.2, 0.25) is 10.0 Å². The number of hydrogen-bond acceptors (Lipinski definition) is 4. The Balaban J connectivity index is 2.86. The van der Waals surface area contributed by atoms with Crippen LogP contribution in [0.4, 0.5) is 11.4 Å². The average molecular weight is 283 g/mol. The Bertz CT molecular complexity index is 551. The highest BCUT2D eigenvalue weighted by molar-refractivity contribution is 7.89. The van der Waals surface area contributed by atoms with E-state index in [1.165, 1.54) is 24.5 Å². The summed E-state index contributed by atoms with van der Waals surface area (Å²) in [4.78, 5) is 0.203. The first-order valence-corrected chi connectivity index (χ1v) is 7.50. The van der Waals surface area contributed by atoms with Crippen LogP contribution in [0, 0.1) is 0 Å². The van der Waals surface area contributed by atoms with E-state index in [-0.39, 0.29) is 4.90 Å². The zero-order chi connectivity index (χ0) is 14.5. The van der Waals surface area contributed by atoms with Gasteiger partial charge in [-0.25, -0.2) is 12.7 Å². The lowest BCUT2D eigenvalue weighted by atomic mass is 10.2. The van der Waals surface area contributed by atoms with Crippen molar-refractivity contribution in [1.29, 1.82) is 0 Å². The van der Waals surface area contributed by atoms with Crippen molar-refractivity contribution in [3.8, 4) is 0 Å². The van der Waals surface area contributed by atoms with E-state index in [0.717, 1.165) is 18.7 Å². The Labute approximate surface area is 115 Å². The van der Waals surface area contributed by atoms with Gasteiger partial charge in [-0.3, -0.25) is 0 Å². The molecule has 19 heavy (non-hydrogen) atoms. The molecule has 1 rings (SSSR count). The summed E-state index contributed by atoms with van der Waals surface area (Å²) in [6, 6.07) is 4.73. The van der Waals surface area contributed by atoms with Gasteiger partial charge in [-0.05, 0) is 31.5 Å².